The number of hydrogen-bond donors (Lipinski definition) is 0. The lowest BCUT2D eigenvalue weighted by molar-refractivity contribution is -0.139. The molecule has 2 amide bonds. The molecule has 1 aliphatic carbocycles. The molecule has 3 fully saturated rings. The minimum Gasteiger partial charge on any atom is -0.369 e. The summed E-state index contributed by atoms with van der Waals surface area (Å²) in [6, 6.07) is 0. The number of epoxide rings is 1. The molecule has 2 saturated heterocycles. The fourth-order valence-electron chi connectivity index (χ4n) is 3.52. The number of hydrogen-bond acceptors (Lipinski definition) is 3. The van der Waals surface area contributed by atoms with E-state index < -0.39 is 0 Å². The van der Waals surface area contributed by atoms with Crippen LogP contribution >= 0.6 is 0 Å². The van der Waals surface area contributed by atoms with Crippen LogP contribution in [0.15, 0.2) is 12.7 Å². The Labute approximate surface area is 101 Å². The van der Waals surface area contributed by atoms with Crippen LogP contribution in [0, 0.1) is 17.8 Å². The molecule has 0 aromatic rings. The highest BCUT2D eigenvalue weighted by atomic mass is 16.6. The van der Waals surface area contributed by atoms with Gasteiger partial charge >= 0.3 is 0 Å². The molecular weight excluding hydrogens is 218 g/mol. The van der Waals surface area contributed by atoms with Crippen LogP contribution in [0.4, 0.5) is 0 Å². The Morgan fingerprint density at radius 3 is 2.88 bits per heavy atom. The summed E-state index contributed by atoms with van der Waals surface area (Å²) in [7, 11) is 0. The Hall–Kier alpha value is -1.16. The molecule has 3 aliphatic rings. The van der Waals surface area contributed by atoms with E-state index in [-0.39, 0.29) is 41.8 Å². The van der Waals surface area contributed by atoms with Crippen molar-refractivity contribution in [3.63, 3.8) is 0 Å². The molecule has 5 unspecified atom stereocenters. The topological polar surface area (TPSA) is 49.9 Å². The zero-order chi connectivity index (χ0) is 12.2. The van der Waals surface area contributed by atoms with Gasteiger partial charge in [0, 0.05) is 6.54 Å². The van der Waals surface area contributed by atoms with Gasteiger partial charge in [-0.2, -0.15) is 0 Å². The molecule has 17 heavy (non-hydrogen) atoms. The van der Waals surface area contributed by atoms with Gasteiger partial charge in [0.2, 0.25) is 11.8 Å². The second-order valence-electron chi connectivity index (χ2n) is 5.15. The van der Waals surface area contributed by atoms with E-state index in [4.69, 9.17) is 4.74 Å². The molecule has 0 N–H and O–H groups in total. The van der Waals surface area contributed by atoms with Crippen molar-refractivity contribution >= 4 is 11.8 Å². The van der Waals surface area contributed by atoms with Gasteiger partial charge in [-0.05, 0) is 18.8 Å². The zero-order valence-corrected chi connectivity index (χ0v) is 9.96. The highest BCUT2D eigenvalue weighted by Gasteiger charge is 2.62. The molecule has 2 aliphatic heterocycles. The first-order valence-corrected chi connectivity index (χ1v) is 6.30. The molecule has 0 radical (unpaired) electrons. The minimum absolute atomic E-state index is 0.0132. The summed E-state index contributed by atoms with van der Waals surface area (Å²) in [6.07, 6.45) is 3.70. The van der Waals surface area contributed by atoms with Crippen molar-refractivity contribution in [1.29, 1.82) is 0 Å². The lowest BCUT2D eigenvalue weighted by Gasteiger charge is -2.26. The van der Waals surface area contributed by atoms with Crippen molar-refractivity contribution in [2.24, 2.45) is 17.8 Å². The van der Waals surface area contributed by atoms with Crippen molar-refractivity contribution in [3.05, 3.63) is 12.7 Å². The molecule has 2 heterocycles. The van der Waals surface area contributed by atoms with Gasteiger partial charge in [0.05, 0.1) is 24.0 Å². The van der Waals surface area contributed by atoms with Crippen LogP contribution in [0.1, 0.15) is 19.8 Å². The van der Waals surface area contributed by atoms with E-state index in [9.17, 15) is 9.59 Å². The van der Waals surface area contributed by atoms with Crippen LogP contribution in [-0.2, 0) is 14.3 Å². The second kappa shape index (κ2) is 3.67. The highest BCUT2D eigenvalue weighted by Crippen LogP contribution is 2.51. The largest absolute Gasteiger partial charge is 0.369 e. The molecule has 0 aromatic heterocycles. The SMILES string of the molecule is C=CCN1C(=O)C2CC3OC3C(CC)C2C1=O. The Morgan fingerprint density at radius 1 is 1.47 bits per heavy atom. The Morgan fingerprint density at radius 2 is 2.24 bits per heavy atom. The average Bonchev–Trinajstić information content (AvgIpc) is 3.06. The summed E-state index contributed by atoms with van der Waals surface area (Å²) < 4.78 is 5.57. The van der Waals surface area contributed by atoms with Crippen LogP contribution in [0.5, 0.6) is 0 Å². The first-order valence-electron chi connectivity index (χ1n) is 6.30. The van der Waals surface area contributed by atoms with Gasteiger partial charge < -0.3 is 4.74 Å². The fraction of sp³-hybridized carbons (Fsp3) is 0.692. The summed E-state index contributed by atoms with van der Waals surface area (Å²) in [5, 5.41) is 0. The summed E-state index contributed by atoms with van der Waals surface area (Å²) in [6.45, 7) is 6.02. The quantitative estimate of drug-likeness (QED) is 0.416. The number of nitrogens with zero attached hydrogens (tertiary/aromatic N) is 1. The number of imide groups is 1. The van der Waals surface area contributed by atoms with Gasteiger partial charge in [-0.25, -0.2) is 0 Å². The summed E-state index contributed by atoms with van der Waals surface area (Å²) in [5.41, 5.74) is 0. The van der Waals surface area contributed by atoms with Gasteiger partial charge in [-0.1, -0.05) is 13.0 Å². The van der Waals surface area contributed by atoms with Gasteiger partial charge in [0.1, 0.15) is 0 Å². The summed E-state index contributed by atoms with van der Waals surface area (Å²) in [5.74, 6) is -0.0923. The van der Waals surface area contributed by atoms with Crippen LogP contribution in [0.3, 0.4) is 0 Å². The molecule has 0 spiro atoms. The maximum Gasteiger partial charge on any atom is 0.233 e. The maximum absolute atomic E-state index is 12.3. The van der Waals surface area contributed by atoms with E-state index in [2.05, 4.69) is 13.5 Å². The molecule has 0 bridgehead atoms. The highest BCUT2D eigenvalue weighted by molar-refractivity contribution is 6.05. The first kappa shape index (κ1) is 11.0. The van der Waals surface area contributed by atoms with Crippen LogP contribution < -0.4 is 0 Å². The average molecular weight is 235 g/mol. The Kier molecular flexibility index (Phi) is 2.36. The van der Waals surface area contributed by atoms with E-state index in [1.54, 1.807) is 6.08 Å². The number of carbonyl (C=O) groups excluding carboxylic acids is 2. The predicted octanol–water partition coefficient (Wildman–Crippen LogP) is 0.971. The van der Waals surface area contributed by atoms with Gasteiger partial charge in [0.25, 0.3) is 0 Å². The lowest BCUT2D eigenvalue weighted by atomic mass is 9.72. The summed E-state index contributed by atoms with van der Waals surface area (Å²) in [4.78, 5) is 25.8. The number of likely N-dealkylation sites (tertiary alicyclic amines) is 1. The number of amides is 2. The van der Waals surface area contributed by atoms with Crippen LogP contribution in [0.25, 0.3) is 0 Å². The smallest absolute Gasteiger partial charge is 0.233 e. The molecule has 3 rings (SSSR count). The van der Waals surface area contributed by atoms with Gasteiger partial charge in [-0.3, -0.25) is 14.5 Å². The number of rotatable bonds is 3. The fourth-order valence-corrected chi connectivity index (χ4v) is 3.52. The Bertz CT molecular complexity index is 392. The van der Waals surface area contributed by atoms with E-state index in [0.717, 1.165) is 12.8 Å². The lowest BCUT2D eigenvalue weighted by Crippen LogP contribution is -2.36. The van der Waals surface area contributed by atoms with E-state index >= 15 is 0 Å². The van der Waals surface area contributed by atoms with Gasteiger partial charge in [0.15, 0.2) is 0 Å². The third kappa shape index (κ3) is 1.40. The van der Waals surface area contributed by atoms with Crippen molar-refractivity contribution < 1.29 is 14.3 Å². The zero-order valence-electron chi connectivity index (χ0n) is 9.96. The van der Waals surface area contributed by atoms with Crippen molar-refractivity contribution in [2.45, 2.75) is 32.0 Å². The van der Waals surface area contributed by atoms with Crippen molar-refractivity contribution in [1.82, 2.24) is 4.90 Å². The molecular formula is C13H17NO3. The maximum atomic E-state index is 12.3. The van der Waals surface area contributed by atoms with E-state index in [1.807, 2.05) is 0 Å². The molecule has 5 atom stereocenters. The van der Waals surface area contributed by atoms with Crippen molar-refractivity contribution in [3.8, 4) is 0 Å². The monoisotopic (exact) mass is 235 g/mol. The summed E-state index contributed by atoms with van der Waals surface area (Å²) >= 11 is 0. The second-order valence-corrected chi connectivity index (χ2v) is 5.15. The number of ether oxygens (including phenoxy) is 1. The number of fused-ring (bicyclic) bond motifs is 2. The molecule has 1 saturated carbocycles. The Balaban J connectivity index is 1.90. The van der Waals surface area contributed by atoms with E-state index in [1.165, 1.54) is 4.90 Å². The molecule has 4 nitrogen and oxygen atoms in total. The number of carbonyl (C=O) groups is 2. The standard InChI is InChI=1S/C13H17NO3/c1-3-5-14-12(15)8-6-9-11(17-9)7(4-2)10(8)13(14)16/h3,7-11H,1,4-6H2,2H3. The first-order chi connectivity index (χ1) is 8.19. The molecule has 4 heteroatoms. The van der Waals surface area contributed by atoms with E-state index in [0.29, 0.717) is 6.54 Å². The van der Waals surface area contributed by atoms with Gasteiger partial charge in [-0.15, -0.1) is 6.58 Å². The normalized spacial score (nSPS) is 43.4. The third-order valence-corrected chi connectivity index (χ3v) is 4.34. The van der Waals surface area contributed by atoms with Crippen LogP contribution in [0.2, 0.25) is 0 Å². The van der Waals surface area contributed by atoms with Crippen molar-refractivity contribution in [2.75, 3.05) is 6.54 Å². The molecule has 92 valence electrons. The predicted molar refractivity (Wildman–Crippen MR) is 61.0 cm³/mol. The minimum atomic E-state index is -0.142. The third-order valence-electron chi connectivity index (χ3n) is 4.34. The molecule has 0 aromatic carbocycles. The van der Waals surface area contributed by atoms with Crippen LogP contribution in [-0.4, -0.2) is 35.5 Å².